The highest BCUT2D eigenvalue weighted by Gasteiger charge is 2.33. The molecule has 1 amide bonds. The summed E-state index contributed by atoms with van der Waals surface area (Å²) in [4.78, 5) is 22.0. The van der Waals surface area contributed by atoms with Gasteiger partial charge in [-0.25, -0.2) is 4.99 Å². The van der Waals surface area contributed by atoms with E-state index in [4.69, 9.17) is 9.73 Å². The summed E-state index contributed by atoms with van der Waals surface area (Å²) in [6.45, 7) is 10.3. The topological polar surface area (TPSA) is 53.9 Å². The number of nitrogens with one attached hydrogen (secondary N) is 1. The van der Waals surface area contributed by atoms with Gasteiger partial charge in [-0.05, 0) is 66.0 Å². The average molecular weight is 502 g/mol. The first-order valence-corrected chi connectivity index (χ1v) is 13.7. The highest BCUT2D eigenvalue weighted by atomic mass is 32.1. The lowest BCUT2D eigenvalue weighted by atomic mass is 9.72. The number of carbonyl (C=O) groups excluding carboxylic acids is 1. The molecule has 1 saturated heterocycles. The van der Waals surface area contributed by atoms with E-state index in [1.165, 1.54) is 16.1 Å². The Bertz CT molecular complexity index is 1220. The molecule has 5 nitrogen and oxygen atoms in total. The fourth-order valence-corrected chi connectivity index (χ4v) is 6.35. The standard InChI is InChI=1S/C30H35N3O2S/c1-30(2,3)22-11-14-25-26(19-22)36-29(27(25)28(34)32-23-7-5-4-6-8-23)31-20-21-9-12-24(13-10-21)33-15-17-35-18-16-33/h4-10,12-13,20,22H,11,14-19H2,1-3H3,(H,32,34)/t22-/m0/s1. The molecule has 5 rings (SSSR count). The van der Waals surface area contributed by atoms with E-state index >= 15 is 0 Å². The van der Waals surface area contributed by atoms with Crippen LogP contribution in [0.3, 0.4) is 0 Å². The van der Waals surface area contributed by atoms with Gasteiger partial charge in [-0.15, -0.1) is 11.3 Å². The number of fused-ring (bicyclic) bond motifs is 1. The van der Waals surface area contributed by atoms with E-state index in [2.05, 4.69) is 55.3 Å². The molecule has 188 valence electrons. The van der Waals surface area contributed by atoms with Crippen molar-refractivity contribution in [2.75, 3.05) is 36.5 Å². The third-order valence-electron chi connectivity index (χ3n) is 7.33. The predicted molar refractivity (Wildman–Crippen MR) is 150 cm³/mol. The van der Waals surface area contributed by atoms with Crippen LogP contribution < -0.4 is 10.2 Å². The van der Waals surface area contributed by atoms with Crippen LogP contribution >= 0.6 is 11.3 Å². The minimum Gasteiger partial charge on any atom is -0.378 e. The Labute approximate surface area is 218 Å². The SMILES string of the molecule is CC(C)(C)[C@H]1CCc2c(sc(N=Cc3ccc(N4CCOCC4)cc3)c2C(=O)Nc2ccccc2)C1. The maximum Gasteiger partial charge on any atom is 0.259 e. The Morgan fingerprint density at radius 1 is 1.08 bits per heavy atom. The van der Waals surface area contributed by atoms with Crippen LogP contribution in [0.15, 0.2) is 59.6 Å². The maximum atomic E-state index is 13.5. The number of nitrogens with zero attached hydrogens (tertiary/aromatic N) is 2. The Morgan fingerprint density at radius 2 is 1.81 bits per heavy atom. The summed E-state index contributed by atoms with van der Waals surface area (Å²) in [6.07, 6.45) is 4.93. The lowest BCUT2D eigenvalue weighted by Gasteiger charge is -2.33. The van der Waals surface area contributed by atoms with Crippen LogP contribution in [0.25, 0.3) is 0 Å². The van der Waals surface area contributed by atoms with Crippen LogP contribution in [0.2, 0.25) is 0 Å². The zero-order valence-corrected chi connectivity index (χ0v) is 22.2. The second-order valence-corrected chi connectivity index (χ2v) is 11.8. The number of benzene rings is 2. The average Bonchev–Trinajstić information content (AvgIpc) is 3.26. The molecule has 0 radical (unpaired) electrons. The molecule has 0 saturated carbocycles. The zero-order valence-electron chi connectivity index (χ0n) is 21.4. The number of aliphatic imine (C=N–C) groups is 1. The van der Waals surface area contributed by atoms with Gasteiger partial charge in [-0.1, -0.05) is 51.1 Å². The van der Waals surface area contributed by atoms with Crippen molar-refractivity contribution in [3.05, 3.63) is 76.2 Å². The number of carbonyl (C=O) groups is 1. The second kappa shape index (κ2) is 10.6. The van der Waals surface area contributed by atoms with Crippen LogP contribution in [0.1, 0.15) is 53.6 Å². The number of amides is 1. The molecule has 1 aliphatic carbocycles. The van der Waals surface area contributed by atoms with E-state index < -0.39 is 0 Å². The lowest BCUT2D eigenvalue weighted by Crippen LogP contribution is -2.36. The molecule has 0 spiro atoms. The zero-order chi connectivity index (χ0) is 25.1. The summed E-state index contributed by atoms with van der Waals surface area (Å²) in [5, 5.41) is 3.90. The summed E-state index contributed by atoms with van der Waals surface area (Å²) in [7, 11) is 0. The molecule has 2 aromatic carbocycles. The van der Waals surface area contributed by atoms with Crippen molar-refractivity contribution in [2.24, 2.45) is 16.3 Å². The normalized spacial score (nSPS) is 18.3. The summed E-state index contributed by atoms with van der Waals surface area (Å²) >= 11 is 1.68. The van der Waals surface area contributed by atoms with Crippen LogP contribution in [0.4, 0.5) is 16.4 Å². The van der Waals surface area contributed by atoms with Gasteiger partial charge in [-0.3, -0.25) is 4.79 Å². The monoisotopic (exact) mass is 501 g/mol. The molecule has 1 fully saturated rings. The molecule has 1 N–H and O–H groups in total. The summed E-state index contributed by atoms with van der Waals surface area (Å²) < 4.78 is 5.47. The largest absolute Gasteiger partial charge is 0.378 e. The quantitative estimate of drug-likeness (QED) is 0.394. The number of rotatable bonds is 5. The molecule has 36 heavy (non-hydrogen) atoms. The number of hydrogen-bond donors (Lipinski definition) is 1. The van der Waals surface area contributed by atoms with Crippen molar-refractivity contribution in [2.45, 2.75) is 40.0 Å². The van der Waals surface area contributed by atoms with E-state index in [0.717, 1.165) is 67.4 Å². The van der Waals surface area contributed by atoms with Crippen molar-refractivity contribution in [1.29, 1.82) is 0 Å². The maximum absolute atomic E-state index is 13.5. The van der Waals surface area contributed by atoms with Crippen LogP contribution in [0, 0.1) is 11.3 Å². The van der Waals surface area contributed by atoms with Crippen molar-refractivity contribution in [3.63, 3.8) is 0 Å². The van der Waals surface area contributed by atoms with E-state index in [-0.39, 0.29) is 11.3 Å². The minimum absolute atomic E-state index is 0.0669. The van der Waals surface area contributed by atoms with Crippen molar-refractivity contribution < 1.29 is 9.53 Å². The first-order valence-electron chi connectivity index (χ1n) is 12.9. The van der Waals surface area contributed by atoms with Crippen LogP contribution in [0.5, 0.6) is 0 Å². The van der Waals surface area contributed by atoms with Gasteiger partial charge in [0, 0.05) is 35.6 Å². The van der Waals surface area contributed by atoms with Gasteiger partial charge in [0.05, 0.1) is 18.8 Å². The van der Waals surface area contributed by atoms with Crippen LogP contribution in [-0.4, -0.2) is 38.4 Å². The number of hydrogen-bond acceptors (Lipinski definition) is 5. The predicted octanol–water partition coefficient (Wildman–Crippen LogP) is 6.74. The highest BCUT2D eigenvalue weighted by molar-refractivity contribution is 7.16. The third kappa shape index (κ3) is 5.55. The minimum atomic E-state index is -0.0669. The molecular formula is C30H35N3O2S. The molecule has 1 atom stereocenters. The fraction of sp³-hybridized carbons (Fsp3) is 0.400. The number of thiophene rings is 1. The number of morpholine rings is 1. The smallest absolute Gasteiger partial charge is 0.259 e. The molecule has 1 aliphatic heterocycles. The molecule has 0 unspecified atom stereocenters. The van der Waals surface area contributed by atoms with E-state index in [1.54, 1.807) is 11.3 Å². The van der Waals surface area contributed by atoms with Crippen molar-refractivity contribution >= 4 is 39.8 Å². The summed E-state index contributed by atoms with van der Waals surface area (Å²) in [5.41, 5.74) is 5.22. The second-order valence-electron chi connectivity index (χ2n) is 10.8. The Hall–Kier alpha value is -2.96. The molecular weight excluding hydrogens is 466 g/mol. The Morgan fingerprint density at radius 3 is 2.50 bits per heavy atom. The van der Waals surface area contributed by atoms with Gasteiger partial charge in [0.25, 0.3) is 5.91 Å². The van der Waals surface area contributed by atoms with Crippen molar-refractivity contribution in [3.8, 4) is 0 Å². The molecule has 0 bridgehead atoms. The lowest BCUT2D eigenvalue weighted by molar-refractivity contribution is 0.102. The summed E-state index contributed by atoms with van der Waals surface area (Å²) in [5.74, 6) is 0.543. The first kappa shape index (κ1) is 24.7. The molecule has 2 aliphatic rings. The van der Waals surface area contributed by atoms with Gasteiger partial charge in [0.2, 0.25) is 0 Å². The Balaban J connectivity index is 1.42. The molecule has 6 heteroatoms. The highest BCUT2D eigenvalue weighted by Crippen LogP contribution is 2.45. The number of para-hydroxylation sites is 1. The molecule has 3 aromatic rings. The van der Waals surface area contributed by atoms with Gasteiger partial charge < -0.3 is 15.0 Å². The van der Waals surface area contributed by atoms with E-state index in [0.29, 0.717) is 5.92 Å². The molecule has 2 heterocycles. The van der Waals surface area contributed by atoms with Gasteiger partial charge in [0.15, 0.2) is 0 Å². The first-order chi connectivity index (χ1) is 17.4. The van der Waals surface area contributed by atoms with E-state index in [1.807, 2.05) is 36.5 Å². The Kier molecular flexibility index (Phi) is 7.26. The van der Waals surface area contributed by atoms with Crippen molar-refractivity contribution in [1.82, 2.24) is 0 Å². The van der Waals surface area contributed by atoms with E-state index in [9.17, 15) is 4.79 Å². The number of anilines is 2. The third-order valence-corrected chi connectivity index (χ3v) is 8.49. The van der Waals surface area contributed by atoms with Gasteiger partial charge >= 0.3 is 0 Å². The van der Waals surface area contributed by atoms with Gasteiger partial charge in [-0.2, -0.15) is 0 Å². The van der Waals surface area contributed by atoms with Gasteiger partial charge in [0.1, 0.15) is 5.00 Å². The van der Waals surface area contributed by atoms with Crippen LogP contribution in [-0.2, 0) is 17.6 Å². The number of ether oxygens (including phenoxy) is 1. The molecule has 1 aromatic heterocycles. The summed E-state index contributed by atoms with van der Waals surface area (Å²) in [6, 6.07) is 18.2. The fourth-order valence-electron chi connectivity index (χ4n) is 5.08.